The molecule has 2 aromatic rings. The van der Waals surface area contributed by atoms with Crippen LogP contribution in [0.5, 0.6) is 0 Å². The van der Waals surface area contributed by atoms with Crippen molar-refractivity contribution in [3.05, 3.63) is 54.2 Å². The molecule has 1 atom stereocenters. The van der Waals surface area contributed by atoms with Crippen LogP contribution in [0.4, 0.5) is 10.1 Å². The summed E-state index contributed by atoms with van der Waals surface area (Å²) in [6.45, 7) is -0.0628. The summed E-state index contributed by atoms with van der Waals surface area (Å²) < 4.78 is 23.6. The number of carbonyl (C=O) groups is 3. The van der Waals surface area contributed by atoms with Crippen molar-refractivity contribution >= 4 is 23.5 Å². The lowest BCUT2D eigenvalue weighted by Gasteiger charge is -2.14. The smallest absolute Gasteiger partial charge is 0.311 e. The van der Waals surface area contributed by atoms with E-state index in [0.717, 1.165) is 0 Å². The van der Waals surface area contributed by atoms with Gasteiger partial charge in [-0.25, -0.2) is 4.39 Å². The number of furan rings is 1. The van der Waals surface area contributed by atoms with Gasteiger partial charge in [-0.15, -0.1) is 0 Å². The summed E-state index contributed by atoms with van der Waals surface area (Å²) >= 11 is 0. The van der Waals surface area contributed by atoms with Gasteiger partial charge in [0.25, 0.3) is 5.91 Å². The van der Waals surface area contributed by atoms with E-state index in [1.165, 1.54) is 29.4 Å². The lowest BCUT2D eigenvalue weighted by molar-refractivity contribution is -0.151. The Bertz CT molecular complexity index is 806. The Morgan fingerprint density at radius 3 is 2.81 bits per heavy atom. The summed E-state index contributed by atoms with van der Waals surface area (Å²) in [5.74, 6) is -2.07. The fraction of sp³-hybridized carbons (Fsp3) is 0.278. The fourth-order valence-electron chi connectivity index (χ4n) is 2.68. The number of nitrogens with zero attached hydrogens (tertiary/aromatic N) is 1. The first kappa shape index (κ1) is 17.7. The highest BCUT2D eigenvalue weighted by Gasteiger charge is 2.35. The molecule has 136 valence electrons. The number of hydrogen-bond donors (Lipinski definition) is 1. The van der Waals surface area contributed by atoms with E-state index in [0.29, 0.717) is 5.76 Å². The highest BCUT2D eigenvalue weighted by atomic mass is 19.1. The van der Waals surface area contributed by atoms with Crippen LogP contribution < -0.4 is 5.32 Å². The third-order valence-corrected chi connectivity index (χ3v) is 3.97. The second-order valence-electron chi connectivity index (χ2n) is 5.89. The molecule has 0 unspecified atom stereocenters. The summed E-state index contributed by atoms with van der Waals surface area (Å²) in [4.78, 5) is 37.4. The molecule has 1 aromatic heterocycles. The number of ether oxygens (including phenoxy) is 1. The number of hydrogen-bond acceptors (Lipinski definition) is 5. The molecule has 26 heavy (non-hydrogen) atoms. The normalized spacial score (nSPS) is 16.6. The number of carbonyl (C=O) groups excluding carboxylic acids is 3. The van der Waals surface area contributed by atoms with Crippen molar-refractivity contribution in [1.29, 1.82) is 0 Å². The Kier molecular flexibility index (Phi) is 5.31. The standard InChI is InChI=1S/C18H17FN2O5/c19-14-5-1-2-6-15(14)20-16(22)11-26-18(24)12-8-17(23)21(9-12)10-13-4-3-7-25-13/h1-7,12H,8-11H2,(H,20,22)/t12-/m0/s1. The number of rotatable bonds is 6. The zero-order valence-electron chi connectivity index (χ0n) is 13.8. The van der Waals surface area contributed by atoms with E-state index in [1.54, 1.807) is 18.2 Å². The molecule has 0 radical (unpaired) electrons. The lowest BCUT2D eigenvalue weighted by atomic mass is 10.1. The molecule has 1 aliphatic rings. The number of nitrogens with one attached hydrogen (secondary N) is 1. The number of halogens is 1. The van der Waals surface area contributed by atoms with Crippen molar-refractivity contribution in [1.82, 2.24) is 4.90 Å². The van der Waals surface area contributed by atoms with Gasteiger partial charge in [-0.3, -0.25) is 14.4 Å². The van der Waals surface area contributed by atoms with E-state index in [1.807, 2.05) is 0 Å². The number of anilines is 1. The molecular formula is C18H17FN2O5. The van der Waals surface area contributed by atoms with Gasteiger partial charge in [0.1, 0.15) is 11.6 Å². The van der Waals surface area contributed by atoms with Crippen LogP contribution in [0.1, 0.15) is 12.2 Å². The van der Waals surface area contributed by atoms with Crippen molar-refractivity contribution in [2.45, 2.75) is 13.0 Å². The van der Waals surface area contributed by atoms with Crippen molar-refractivity contribution < 1.29 is 27.9 Å². The van der Waals surface area contributed by atoms with E-state index in [2.05, 4.69) is 5.32 Å². The van der Waals surface area contributed by atoms with E-state index in [9.17, 15) is 18.8 Å². The number of amides is 2. The van der Waals surface area contributed by atoms with Crippen molar-refractivity contribution in [2.75, 3.05) is 18.5 Å². The topological polar surface area (TPSA) is 88.9 Å². The van der Waals surface area contributed by atoms with Gasteiger partial charge in [0.2, 0.25) is 5.91 Å². The molecule has 1 N–H and O–H groups in total. The van der Waals surface area contributed by atoms with Crippen molar-refractivity contribution in [3.8, 4) is 0 Å². The minimum Gasteiger partial charge on any atom is -0.467 e. The van der Waals surface area contributed by atoms with Gasteiger partial charge in [-0.1, -0.05) is 12.1 Å². The van der Waals surface area contributed by atoms with Crippen LogP contribution in [0.25, 0.3) is 0 Å². The summed E-state index contributed by atoms with van der Waals surface area (Å²) in [6, 6.07) is 9.14. The largest absolute Gasteiger partial charge is 0.467 e. The van der Waals surface area contributed by atoms with E-state index in [-0.39, 0.29) is 31.1 Å². The van der Waals surface area contributed by atoms with Crippen LogP contribution in [0.15, 0.2) is 47.1 Å². The van der Waals surface area contributed by atoms with Crippen LogP contribution in [-0.2, 0) is 25.7 Å². The quantitative estimate of drug-likeness (QED) is 0.796. The first-order valence-corrected chi connectivity index (χ1v) is 8.04. The van der Waals surface area contributed by atoms with Gasteiger partial charge in [0.15, 0.2) is 6.61 Å². The molecule has 1 aromatic carbocycles. The maximum absolute atomic E-state index is 13.5. The third-order valence-electron chi connectivity index (χ3n) is 3.97. The van der Waals surface area contributed by atoms with Crippen molar-refractivity contribution in [3.63, 3.8) is 0 Å². The van der Waals surface area contributed by atoms with Crippen LogP contribution in [0.2, 0.25) is 0 Å². The summed E-state index contributed by atoms with van der Waals surface area (Å²) in [6.07, 6.45) is 1.53. The molecule has 3 rings (SSSR count). The molecule has 0 saturated carbocycles. The Labute approximate surface area is 148 Å². The second kappa shape index (κ2) is 7.81. The van der Waals surface area contributed by atoms with Gasteiger partial charge in [-0.05, 0) is 24.3 Å². The lowest BCUT2D eigenvalue weighted by Crippen LogP contribution is -2.28. The molecule has 0 spiro atoms. The maximum Gasteiger partial charge on any atom is 0.311 e. The SMILES string of the molecule is O=C(COC(=O)[C@H]1CC(=O)N(Cc2ccco2)C1)Nc1ccccc1F. The molecule has 8 heteroatoms. The highest BCUT2D eigenvalue weighted by Crippen LogP contribution is 2.21. The third kappa shape index (κ3) is 4.27. The molecule has 1 saturated heterocycles. The Balaban J connectivity index is 1.47. The predicted octanol–water partition coefficient (Wildman–Crippen LogP) is 1.95. The highest BCUT2D eigenvalue weighted by molar-refractivity contribution is 5.93. The van der Waals surface area contributed by atoms with E-state index in [4.69, 9.17) is 9.15 Å². The molecule has 0 bridgehead atoms. The zero-order valence-corrected chi connectivity index (χ0v) is 13.8. The number of likely N-dealkylation sites (tertiary alicyclic amines) is 1. The van der Waals surface area contributed by atoms with Gasteiger partial charge in [0, 0.05) is 13.0 Å². The minimum absolute atomic E-state index is 0.00853. The van der Waals surface area contributed by atoms with Crippen LogP contribution in [-0.4, -0.2) is 35.8 Å². The first-order chi connectivity index (χ1) is 12.5. The molecule has 7 nitrogen and oxygen atoms in total. The van der Waals surface area contributed by atoms with Gasteiger partial charge < -0.3 is 19.4 Å². The van der Waals surface area contributed by atoms with Gasteiger partial charge in [0.05, 0.1) is 24.4 Å². The molecule has 1 fully saturated rings. The summed E-state index contributed by atoms with van der Waals surface area (Å²) in [5.41, 5.74) is 0.00853. The number of para-hydroxylation sites is 1. The first-order valence-electron chi connectivity index (χ1n) is 8.04. The maximum atomic E-state index is 13.5. The Morgan fingerprint density at radius 1 is 1.27 bits per heavy atom. The second-order valence-corrected chi connectivity index (χ2v) is 5.89. The molecule has 1 aliphatic heterocycles. The molecule has 2 amide bonds. The van der Waals surface area contributed by atoms with E-state index >= 15 is 0 Å². The molecule has 2 heterocycles. The summed E-state index contributed by atoms with van der Waals surface area (Å²) in [7, 11) is 0. The average molecular weight is 360 g/mol. The predicted molar refractivity (Wildman–Crippen MR) is 88.2 cm³/mol. The summed E-state index contributed by atoms with van der Waals surface area (Å²) in [5, 5.41) is 2.32. The van der Waals surface area contributed by atoms with Crippen molar-refractivity contribution in [2.24, 2.45) is 5.92 Å². The average Bonchev–Trinajstić information content (AvgIpc) is 3.25. The molecular weight excluding hydrogens is 343 g/mol. The monoisotopic (exact) mass is 360 g/mol. The van der Waals surface area contributed by atoms with Crippen LogP contribution >= 0.6 is 0 Å². The molecule has 0 aliphatic carbocycles. The van der Waals surface area contributed by atoms with Gasteiger partial charge in [-0.2, -0.15) is 0 Å². The van der Waals surface area contributed by atoms with Gasteiger partial charge >= 0.3 is 5.97 Å². The number of benzene rings is 1. The number of esters is 1. The zero-order chi connectivity index (χ0) is 18.5. The van der Waals surface area contributed by atoms with Crippen LogP contribution in [0.3, 0.4) is 0 Å². The van der Waals surface area contributed by atoms with Crippen LogP contribution in [0, 0.1) is 11.7 Å². The Morgan fingerprint density at radius 2 is 2.08 bits per heavy atom. The fourth-order valence-corrected chi connectivity index (χ4v) is 2.68. The minimum atomic E-state index is -0.653. The van der Waals surface area contributed by atoms with E-state index < -0.39 is 30.2 Å². The Hall–Kier alpha value is -3.16.